The molecule has 4 rings (SSSR count). The third-order valence-electron chi connectivity index (χ3n) is 4.41. The first-order valence-electron chi connectivity index (χ1n) is 8.82. The molecule has 5 nitrogen and oxygen atoms in total. The highest BCUT2D eigenvalue weighted by Crippen LogP contribution is 2.19. The largest absolute Gasteiger partial charge is 0.347 e. The number of hydrogen-bond acceptors (Lipinski definition) is 4. The van der Waals surface area contributed by atoms with Gasteiger partial charge in [0.25, 0.3) is 0 Å². The lowest BCUT2D eigenvalue weighted by molar-refractivity contribution is -0.120. The number of fused-ring (bicyclic) bond motifs is 1. The van der Waals surface area contributed by atoms with E-state index in [9.17, 15) is 4.79 Å². The van der Waals surface area contributed by atoms with Gasteiger partial charge in [0, 0.05) is 5.56 Å². The molecule has 1 amide bonds. The number of hydrogen-bond donors (Lipinski definition) is 1. The van der Waals surface area contributed by atoms with E-state index < -0.39 is 0 Å². The predicted octanol–water partition coefficient (Wildman–Crippen LogP) is 4.06. The maximum Gasteiger partial charge on any atom is 0.246 e. The van der Waals surface area contributed by atoms with Crippen molar-refractivity contribution >= 4 is 16.7 Å². The molecule has 0 unspecified atom stereocenters. The number of nitrogens with zero attached hydrogens (tertiary/aromatic N) is 2. The zero-order valence-corrected chi connectivity index (χ0v) is 15.0. The third-order valence-corrected chi connectivity index (χ3v) is 4.41. The second-order valence-electron chi connectivity index (χ2n) is 6.47. The Morgan fingerprint density at radius 2 is 1.85 bits per heavy atom. The van der Waals surface area contributed by atoms with E-state index >= 15 is 0 Å². The number of carbonyl (C=O) groups excluding carboxylic acids is 1. The van der Waals surface area contributed by atoms with Crippen LogP contribution in [0.25, 0.3) is 22.2 Å². The number of benzene rings is 3. The fourth-order valence-electron chi connectivity index (χ4n) is 3.08. The van der Waals surface area contributed by atoms with Crippen molar-refractivity contribution in [3.8, 4) is 11.4 Å². The number of aryl methyl sites for hydroxylation is 1. The van der Waals surface area contributed by atoms with Gasteiger partial charge in [-0.3, -0.25) is 4.79 Å². The van der Waals surface area contributed by atoms with Crippen molar-refractivity contribution < 1.29 is 9.32 Å². The van der Waals surface area contributed by atoms with Crippen LogP contribution in [0.3, 0.4) is 0 Å². The first-order chi connectivity index (χ1) is 13.2. The van der Waals surface area contributed by atoms with Gasteiger partial charge in [0.2, 0.25) is 17.6 Å². The van der Waals surface area contributed by atoms with E-state index in [1.165, 1.54) is 0 Å². The molecule has 0 bridgehead atoms. The van der Waals surface area contributed by atoms with Crippen LogP contribution >= 0.6 is 0 Å². The van der Waals surface area contributed by atoms with Crippen molar-refractivity contribution in [2.24, 2.45) is 0 Å². The summed E-state index contributed by atoms with van der Waals surface area (Å²) in [7, 11) is 0. The molecule has 5 heteroatoms. The molecule has 0 saturated carbocycles. The molecule has 0 saturated heterocycles. The van der Waals surface area contributed by atoms with Gasteiger partial charge in [-0.2, -0.15) is 4.98 Å². The maximum atomic E-state index is 12.3. The minimum atomic E-state index is -0.0818. The molecule has 4 aromatic rings. The van der Waals surface area contributed by atoms with E-state index in [0.717, 1.165) is 27.5 Å². The summed E-state index contributed by atoms with van der Waals surface area (Å²) < 4.78 is 5.25. The normalized spacial score (nSPS) is 10.9. The molecule has 0 spiro atoms. The molecule has 3 aromatic carbocycles. The summed E-state index contributed by atoms with van der Waals surface area (Å²) in [5, 5.41) is 9.07. The van der Waals surface area contributed by atoms with Gasteiger partial charge in [-0.25, -0.2) is 0 Å². The van der Waals surface area contributed by atoms with Gasteiger partial charge in [0.05, 0.1) is 13.0 Å². The average molecular weight is 357 g/mol. The van der Waals surface area contributed by atoms with Crippen LogP contribution in [0.15, 0.2) is 71.3 Å². The third kappa shape index (κ3) is 3.87. The summed E-state index contributed by atoms with van der Waals surface area (Å²) in [5.74, 6) is 0.830. The van der Waals surface area contributed by atoms with Gasteiger partial charge in [0.1, 0.15) is 0 Å². The van der Waals surface area contributed by atoms with E-state index in [2.05, 4.69) is 15.5 Å². The van der Waals surface area contributed by atoms with Crippen molar-refractivity contribution in [2.75, 3.05) is 0 Å². The van der Waals surface area contributed by atoms with Crippen molar-refractivity contribution in [1.29, 1.82) is 0 Å². The Labute approximate surface area is 157 Å². The molecule has 0 aliphatic carbocycles. The Kier molecular flexibility index (Phi) is 4.66. The molecule has 0 aliphatic heterocycles. The van der Waals surface area contributed by atoms with Crippen LogP contribution in [0.5, 0.6) is 0 Å². The van der Waals surface area contributed by atoms with E-state index in [-0.39, 0.29) is 12.5 Å². The summed E-state index contributed by atoms with van der Waals surface area (Å²) in [6, 6.07) is 21.9. The Morgan fingerprint density at radius 3 is 2.74 bits per heavy atom. The van der Waals surface area contributed by atoms with Crippen LogP contribution in [-0.4, -0.2) is 16.0 Å². The van der Waals surface area contributed by atoms with Crippen LogP contribution < -0.4 is 5.32 Å². The molecule has 1 aromatic heterocycles. The monoisotopic (exact) mass is 357 g/mol. The zero-order valence-electron chi connectivity index (χ0n) is 15.0. The second-order valence-corrected chi connectivity index (χ2v) is 6.47. The number of nitrogens with one attached hydrogen (secondary N) is 1. The SMILES string of the molecule is Cc1cccc(-c2noc(CNC(=O)Cc3cccc4ccccc34)n2)c1. The molecule has 0 atom stereocenters. The molecule has 0 radical (unpaired) electrons. The topological polar surface area (TPSA) is 68.0 Å². The van der Waals surface area contributed by atoms with Crippen molar-refractivity contribution in [3.05, 3.63) is 83.7 Å². The Balaban J connectivity index is 1.41. The van der Waals surface area contributed by atoms with E-state index in [1.54, 1.807) is 0 Å². The smallest absolute Gasteiger partial charge is 0.246 e. The quantitative estimate of drug-likeness (QED) is 0.585. The van der Waals surface area contributed by atoms with Gasteiger partial charge in [-0.05, 0) is 29.3 Å². The number of carbonyl (C=O) groups is 1. The lowest BCUT2D eigenvalue weighted by Crippen LogP contribution is -2.24. The first kappa shape index (κ1) is 17.0. The summed E-state index contributed by atoms with van der Waals surface area (Å²) in [4.78, 5) is 16.7. The molecule has 1 heterocycles. The fourth-order valence-corrected chi connectivity index (χ4v) is 3.08. The summed E-state index contributed by atoms with van der Waals surface area (Å²) in [5.41, 5.74) is 3.02. The highest BCUT2D eigenvalue weighted by molar-refractivity contribution is 5.90. The van der Waals surface area contributed by atoms with Crippen molar-refractivity contribution in [3.63, 3.8) is 0 Å². The lowest BCUT2D eigenvalue weighted by atomic mass is 10.0. The van der Waals surface area contributed by atoms with Gasteiger partial charge < -0.3 is 9.84 Å². The Morgan fingerprint density at radius 1 is 1.04 bits per heavy atom. The summed E-state index contributed by atoms with van der Waals surface area (Å²) in [6.07, 6.45) is 0.306. The molecular weight excluding hydrogens is 338 g/mol. The maximum absolute atomic E-state index is 12.3. The standard InChI is InChI=1S/C22H19N3O2/c1-15-6-4-10-18(12-15)22-24-21(27-25-22)14-23-20(26)13-17-9-5-8-16-7-2-3-11-19(16)17/h2-12H,13-14H2,1H3,(H,23,26). The minimum absolute atomic E-state index is 0.0818. The van der Waals surface area contributed by atoms with Crippen molar-refractivity contribution in [2.45, 2.75) is 19.9 Å². The van der Waals surface area contributed by atoms with E-state index in [0.29, 0.717) is 18.1 Å². The Hall–Kier alpha value is -3.47. The van der Waals surface area contributed by atoms with Crippen molar-refractivity contribution in [1.82, 2.24) is 15.5 Å². The van der Waals surface area contributed by atoms with E-state index in [4.69, 9.17) is 4.52 Å². The molecule has 0 aliphatic rings. The van der Waals surface area contributed by atoms with Gasteiger partial charge in [-0.15, -0.1) is 0 Å². The molecule has 27 heavy (non-hydrogen) atoms. The lowest BCUT2D eigenvalue weighted by Gasteiger charge is -2.06. The van der Waals surface area contributed by atoms with Crippen LogP contribution in [-0.2, 0) is 17.8 Å². The highest BCUT2D eigenvalue weighted by atomic mass is 16.5. The second kappa shape index (κ2) is 7.41. The summed E-state index contributed by atoms with van der Waals surface area (Å²) in [6.45, 7) is 2.22. The zero-order chi connectivity index (χ0) is 18.6. The number of amides is 1. The average Bonchev–Trinajstić information content (AvgIpc) is 3.16. The van der Waals surface area contributed by atoms with Crippen LogP contribution in [0.4, 0.5) is 0 Å². The van der Waals surface area contributed by atoms with Gasteiger partial charge in [-0.1, -0.05) is 71.4 Å². The van der Waals surface area contributed by atoms with Gasteiger partial charge in [0.15, 0.2) is 0 Å². The fraction of sp³-hybridized carbons (Fsp3) is 0.136. The van der Waals surface area contributed by atoms with Crippen LogP contribution in [0, 0.1) is 6.92 Å². The van der Waals surface area contributed by atoms with Crippen LogP contribution in [0.1, 0.15) is 17.0 Å². The molecule has 134 valence electrons. The summed E-state index contributed by atoms with van der Waals surface area (Å²) >= 11 is 0. The molecular formula is C22H19N3O2. The first-order valence-corrected chi connectivity index (χ1v) is 8.82. The molecule has 0 fully saturated rings. The number of aromatic nitrogens is 2. The highest BCUT2D eigenvalue weighted by Gasteiger charge is 2.11. The van der Waals surface area contributed by atoms with Gasteiger partial charge >= 0.3 is 0 Å². The van der Waals surface area contributed by atoms with Crippen LogP contribution in [0.2, 0.25) is 0 Å². The molecule has 1 N–H and O–H groups in total. The predicted molar refractivity (Wildman–Crippen MR) is 104 cm³/mol. The van der Waals surface area contributed by atoms with E-state index in [1.807, 2.05) is 73.7 Å². The minimum Gasteiger partial charge on any atom is -0.347 e. The number of rotatable bonds is 5. The Bertz CT molecular complexity index is 1100.